The van der Waals surface area contributed by atoms with Gasteiger partial charge < -0.3 is 15.4 Å². The quantitative estimate of drug-likeness (QED) is 0.673. The van der Waals surface area contributed by atoms with Crippen LogP contribution in [0.3, 0.4) is 0 Å². The third-order valence-corrected chi connectivity index (χ3v) is 7.20. The van der Waals surface area contributed by atoms with Gasteiger partial charge in [-0.15, -0.1) is 0 Å². The first-order chi connectivity index (χ1) is 14.5. The van der Waals surface area contributed by atoms with Crippen LogP contribution in [-0.4, -0.2) is 39.0 Å². The molecular weight excluding hydrogens is 402 g/mol. The first-order valence-electron chi connectivity index (χ1n) is 10.2. The molecule has 2 aromatic rings. The number of amides is 2. The number of hydrogen-bond acceptors (Lipinski definition) is 4. The largest absolute Gasteiger partial charge is 0.380 e. The van der Waals surface area contributed by atoms with Gasteiger partial charge in [0.15, 0.2) is 0 Å². The fourth-order valence-electron chi connectivity index (χ4n) is 3.59. The van der Waals surface area contributed by atoms with E-state index in [0.717, 1.165) is 30.4 Å². The van der Waals surface area contributed by atoms with Crippen LogP contribution in [0.1, 0.15) is 36.0 Å². The highest BCUT2D eigenvalue weighted by molar-refractivity contribution is 7.89. The van der Waals surface area contributed by atoms with Gasteiger partial charge in [-0.25, -0.2) is 13.2 Å². The van der Waals surface area contributed by atoms with Gasteiger partial charge in [-0.1, -0.05) is 48.9 Å². The van der Waals surface area contributed by atoms with Crippen molar-refractivity contribution < 1.29 is 17.9 Å². The van der Waals surface area contributed by atoms with Crippen LogP contribution in [0.2, 0.25) is 0 Å². The molecule has 1 heterocycles. The first-order valence-corrected chi connectivity index (χ1v) is 11.6. The van der Waals surface area contributed by atoms with Gasteiger partial charge in [-0.05, 0) is 35.6 Å². The van der Waals surface area contributed by atoms with Gasteiger partial charge in [-0.3, -0.25) is 0 Å². The van der Waals surface area contributed by atoms with E-state index in [1.54, 1.807) is 35.7 Å². The van der Waals surface area contributed by atoms with E-state index >= 15 is 0 Å². The van der Waals surface area contributed by atoms with Crippen molar-refractivity contribution in [3.8, 4) is 0 Å². The Bertz CT molecular complexity index is 956. The molecule has 0 saturated carbocycles. The Kier molecular flexibility index (Phi) is 7.84. The van der Waals surface area contributed by atoms with Gasteiger partial charge in [0.1, 0.15) is 0 Å². The lowest BCUT2D eigenvalue weighted by atomic mass is 10.1. The van der Waals surface area contributed by atoms with E-state index in [-0.39, 0.29) is 17.5 Å². The molecular formula is C22H29N3O4S. The van der Waals surface area contributed by atoms with Gasteiger partial charge in [0.25, 0.3) is 0 Å². The maximum absolute atomic E-state index is 13.0. The van der Waals surface area contributed by atoms with Crippen molar-refractivity contribution in [3.63, 3.8) is 0 Å². The molecule has 2 aromatic carbocycles. The van der Waals surface area contributed by atoms with Crippen LogP contribution in [0.25, 0.3) is 0 Å². The summed E-state index contributed by atoms with van der Waals surface area (Å²) in [5, 5.41) is 5.60. The minimum atomic E-state index is -3.56. The summed E-state index contributed by atoms with van der Waals surface area (Å²) in [4.78, 5) is 12.6. The summed E-state index contributed by atoms with van der Waals surface area (Å²) in [6.45, 7) is 2.06. The van der Waals surface area contributed by atoms with Gasteiger partial charge in [0.05, 0.1) is 11.5 Å². The van der Waals surface area contributed by atoms with Crippen molar-refractivity contribution in [2.45, 2.75) is 43.9 Å². The van der Waals surface area contributed by atoms with Crippen LogP contribution >= 0.6 is 0 Å². The molecule has 0 aliphatic carbocycles. The van der Waals surface area contributed by atoms with Crippen molar-refractivity contribution >= 4 is 16.1 Å². The zero-order valence-corrected chi connectivity index (χ0v) is 18.1. The predicted octanol–water partition coefficient (Wildman–Crippen LogP) is 3.01. The van der Waals surface area contributed by atoms with Gasteiger partial charge in [0, 0.05) is 33.3 Å². The zero-order chi connectivity index (χ0) is 21.4. The van der Waals surface area contributed by atoms with Crippen molar-refractivity contribution in [1.29, 1.82) is 0 Å². The summed E-state index contributed by atoms with van der Waals surface area (Å²) >= 11 is 0. The average Bonchev–Trinajstić information content (AvgIpc) is 2.78. The molecule has 1 aliphatic rings. The van der Waals surface area contributed by atoms with E-state index in [1.165, 1.54) is 0 Å². The lowest BCUT2D eigenvalue weighted by Gasteiger charge is -2.26. The molecule has 0 atom stereocenters. The summed E-state index contributed by atoms with van der Waals surface area (Å²) in [6, 6.07) is 14.2. The minimum Gasteiger partial charge on any atom is -0.380 e. The highest BCUT2D eigenvalue weighted by Gasteiger charge is 2.27. The van der Waals surface area contributed by atoms with Gasteiger partial charge in [0.2, 0.25) is 10.0 Å². The minimum absolute atomic E-state index is 0.134. The van der Waals surface area contributed by atoms with Crippen molar-refractivity contribution in [2.75, 3.05) is 20.2 Å². The molecule has 162 valence electrons. The van der Waals surface area contributed by atoms with Crippen molar-refractivity contribution in [2.24, 2.45) is 0 Å². The number of nitrogens with zero attached hydrogens (tertiary/aromatic N) is 1. The Labute approximate surface area is 178 Å². The molecule has 1 fully saturated rings. The van der Waals surface area contributed by atoms with E-state index in [0.29, 0.717) is 31.8 Å². The molecule has 1 saturated heterocycles. The van der Waals surface area contributed by atoms with E-state index in [2.05, 4.69) is 10.6 Å². The number of methoxy groups -OCH3 is 1. The number of carbonyl (C=O) groups excluding carboxylic acids is 1. The number of piperidine rings is 1. The number of ether oxygens (including phenoxy) is 1. The fourth-order valence-corrected chi connectivity index (χ4v) is 5.32. The smallest absolute Gasteiger partial charge is 0.315 e. The molecule has 3 rings (SSSR count). The Morgan fingerprint density at radius 1 is 0.900 bits per heavy atom. The molecule has 0 radical (unpaired) electrons. The average molecular weight is 432 g/mol. The Morgan fingerprint density at radius 2 is 1.47 bits per heavy atom. The van der Waals surface area contributed by atoms with E-state index in [4.69, 9.17) is 4.74 Å². The maximum Gasteiger partial charge on any atom is 0.315 e. The summed E-state index contributed by atoms with van der Waals surface area (Å²) in [6.07, 6.45) is 2.82. The number of sulfonamides is 1. The number of benzene rings is 2. The third-order valence-electron chi connectivity index (χ3n) is 5.20. The number of urea groups is 1. The molecule has 0 spiro atoms. The lowest BCUT2D eigenvalue weighted by molar-refractivity contribution is 0.184. The first kappa shape index (κ1) is 22.3. The second kappa shape index (κ2) is 10.6. The third kappa shape index (κ3) is 5.59. The van der Waals surface area contributed by atoms with E-state index < -0.39 is 10.0 Å². The van der Waals surface area contributed by atoms with Crippen LogP contribution in [-0.2, 0) is 34.5 Å². The molecule has 0 bridgehead atoms. The number of carbonyl (C=O) groups is 1. The van der Waals surface area contributed by atoms with Crippen LogP contribution in [0.5, 0.6) is 0 Å². The molecule has 2 N–H and O–H groups in total. The van der Waals surface area contributed by atoms with Gasteiger partial charge in [-0.2, -0.15) is 4.31 Å². The SMILES string of the molecule is COCc1ccccc1CNC(=O)NCc1ccccc1S(=O)(=O)N1CCCCC1. The van der Waals surface area contributed by atoms with E-state index in [1.807, 2.05) is 24.3 Å². The monoisotopic (exact) mass is 431 g/mol. The molecule has 30 heavy (non-hydrogen) atoms. The summed E-state index contributed by atoms with van der Waals surface area (Å²) < 4.78 is 32.8. The highest BCUT2D eigenvalue weighted by Crippen LogP contribution is 2.23. The Morgan fingerprint density at radius 3 is 2.13 bits per heavy atom. The Balaban J connectivity index is 1.62. The van der Waals surface area contributed by atoms with Crippen molar-refractivity contribution in [1.82, 2.24) is 14.9 Å². The van der Waals surface area contributed by atoms with Crippen molar-refractivity contribution in [3.05, 3.63) is 65.2 Å². The predicted molar refractivity (Wildman–Crippen MR) is 115 cm³/mol. The standard InChI is InChI=1S/C22H29N3O4S/c1-29-17-20-11-4-3-9-18(20)15-23-22(26)24-16-19-10-5-6-12-21(19)30(27,28)25-13-7-2-8-14-25/h3-6,9-12H,2,7-8,13-17H2,1H3,(H2,23,24,26). The Hall–Kier alpha value is -2.42. The zero-order valence-electron chi connectivity index (χ0n) is 17.3. The molecule has 7 nitrogen and oxygen atoms in total. The number of hydrogen-bond donors (Lipinski definition) is 2. The second-order valence-corrected chi connectivity index (χ2v) is 9.22. The molecule has 0 aromatic heterocycles. The summed E-state index contributed by atoms with van der Waals surface area (Å²) in [7, 11) is -1.93. The number of rotatable bonds is 8. The van der Waals surface area contributed by atoms with Crippen LogP contribution in [0.15, 0.2) is 53.4 Å². The molecule has 0 unspecified atom stereocenters. The van der Waals surface area contributed by atoms with Crippen LogP contribution in [0, 0.1) is 0 Å². The highest BCUT2D eigenvalue weighted by atomic mass is 32.2. The maximum atomic E-state index is 13.0. The van der Waals surface area contributed by atoms with Gasteiger partial charge >= 0.3 is 6.03 Å². The topological polar surface area (TPSA) is 87.7 Å². The fraction of sp³-hybridized carbons (Fsp3) is 0.409. The van der Waals surface area contributed by atoms with Crippen LogP contribution < -0.4 is 10.6 Å². The summed E-state index contributed by atoms with van der Waals surface area (Å²) in [5.74, 6) is 0. The van der Waals surface area contributed by atoms with E-state index in [9.17, 15) is 13.2 Å². The molecule has 2 amide bonds. The summed E-state index contributed by atoms with van der Waals surface area (Å²) in [5.41, 5.74) is 2.57. The van der Waals surface area contributed by atoms with Crippen LogP contribution in [0.4, 0.5) is 4.79 Å². The second-order valence-electron chi connectivity index (χ2n) is 7.31. The molecule has 8 heteroatoms. The number of nitrogens with one attached hydrogen (secondary N) is 2. The molecule has 1 aliphatic heterocycles. The lowest BCUT2D eigenvalue weighted by Crippen LogP contribution is -2.37. The normalized spacial score (nSPS) is 15.0.